The number of nitrogens with one attached hydrogen (secondary N) is 1. The lowest BCUT2D eigenvalue weighted by atomic mass is 10.0. The molecule has 0 radical (unpaired) electrons. The number of nitrogens with two attached hydrogens (primary N) is 1. The van der Waals surface area contributed by atoms with Crippen molar-refractivity contribution in [1.82, 2.24) is 5.32 Å². The van der Waals surface area contributed by atoms with Crippen molar-refractivity contribution in [2.24, 2.45) is 5.73 Å². The minimum absolute atomic E-state index is 0.810. The lowest BCUT2D eigenvalue weighted by Crippen LogP contribution is -2.20. The van der Waals surface area contributed by atoms with Gasteiger partial charge in [0.2, 0.25) is 0 Å². The van der Waals surface area contributed by atoms with E-state index >= 15 is 0 Å². The van der Waals surface area contributed by atoms with Crippen molar-refractivity contribution in [3.05, 3.63) is 11.9 Å². The van der Waals surface area contributed by atoms with Gasteiger partial charge >= 0.3 is 0 Å². The number of hydrogen-bond acceptors (Lipinski definition) is 2. The van der Waals surface area contributed by atoms with E-state index in [0.29, 0.717) is 0 Å². The van der Waals surface area contributed by atoms with Gasteiger partial charge in [0.05, 0.1) is 5.82 Å². The topological polar surface area (TPSA) is 38.0 Å². The van der Waals surface area contributed by atoms with Crippen LogP contribution in [0.15, 0.2) is 11.9 Å². The highest BCUT2D eigenvalue weighted by molar-refractivity contribution is 4.90. The minimum Gasteiger partial charge on any atom is -0.386 e. The zero-order valence-corrected chi connectivity index (χ0v) is 14.8. The molecule has 0 amide bonds. The maximum atomic E-state index is 5.68. The first-order valence-electron chi connectivity index (χ1n) is 9.47. The van der Waals surface area contributed by atoms with Gasteiger partial charge in [0.15, 0.2) is 0 Å². The maximum absolute atomic E-state index is 5.68. The van der Waals surface area contributed by atoms with Gasteiger partial charge in [-0.25, -0.2) is 0 Å². The Labute approximate surface area is 134 Å². The van der Waals surface area contributed by atoms with E-state index in [1.807, 2.05) is 13.0 Å². The summed E-state index contributed by atoms with van der Waals surface area (Å²) in [4.78, 5) is 0. The van der Waals surface area contributed by atoms with Crippen LogP contribution in [0.4, 0.5) is 0 Å². The second kappa shape index (κ2) is 17.4. The predicted octanol–water partition coefficient (Wildman–Crippen LogP) is 5.88. The fraction of sp³-hybridized carbons (Fsp3) is 0.895. The van der Waals surface area contributed by atoms with Crippen LogP contribution in [0.2, 0.25) is 0 Å². The molecule has 21 heavy (non-hydrogen) atoms. The molecule has 0 unspecified atom stereocenters. The summed E-state index contributed by atoms with van der Waals surface area (Å²) in [5.41, 5.74) is 5.68. The molecular weight excluding hydrogens is 256 g/mol. The fourth-order valence-corrected chi connectivity index (χ4v) is 2.65. The van der Waals surface area contributed by atoms with Crippen LogP contribution < -0.4 is 11.1 Å². The van der Waals surface area contributed by atoms with Gasteiger partial charge in [-0.1, -0.05) is 90.4 Å². The van der Waals surface area contributed by atoms with Crippen LogP contribution in [0.25, 0.3) is 0 Å². The van der Waals surface area contributed by atoms with E-state index in [-0.39, 0.29) is 0 Å². The fourth-order valence-electron chi connectivity index (χ4n) is 2.65. The smallest absolute Gasteiger partial charge is 0.0916 e. The molecule has 0 saturated heterocycles. The first-order valence-corrected chi connectivity index (χ1v) is 9.47. The molecule has 0 fully saturated rings. The molecule has 0 heterocycles. The molecule has 0 aliphatic carbocycles. The lowest BCUT2D eigenvalue weighted by molar-refractivity contribution is 0.533. The van der Waals surface area contributed by atoms with Gasteiger partial charge in [-0.15, -0.1) is 0 Å². The zero-order chi connectivity index (χ0) is 15.6. The second-order valence-electron chi connectivity index (χ2n) is 6.27. The predicted molar refractivity (Wildman–Crippen MR) is 96.3 cm³/mol. The maximum Gasteiger partial charge on any atom is 0.0916 e. The van der Waals surface area contributed by atoms with Crippen LogP contribution in [-0.4, -0.2) is 6.54 Å². The van der Waals surface area contributed by atoms with Crippen LogP contribution in [0.1, 0.15) is 104 Å². The second-order valence-corrected chi connectivity index (χ2v) is 6.27. The summed E-state index contributed by atoms with van der Waals surface area (Å²) in [7, 11) is 0. The molecule has 0 spiro atoms. The first kappa shape index (κ1) is 20.3. The Kier molecular flexibility index (Phi) is 16.8. The number of unbranched alkanes of at least 4 members (excludes halogenated alkanes) is 13. The Bertz CT molecular complexity index is 224. The van der Waals surface area contributed by atoms with Crippen molar-refractivity contribution >= 4 is 0 Å². The SMILES string of the molecule is C/C=C(\N)NCCCCCCCCCCCCCCCC. The van der Waals surface area contributed by atoms with Crippen LogP contribution >= 0.6 is 0 Å². The Morgan fingerprint density at radius 2 is 1.10 bits per heavy atom. The molecule has 0 rings (SSSR count). The summed E-state index contributed by atoms with van der Waals surface area (Å²) in [5, 5.41) is 3.21. The Morgan fingerprint density at radius 1 is 0.714 bits per heavy atom. The van der Waals surface area contributed by atoms with Crippen molar-refractivity contribution in [1.29, 1.82) is 0 Å². The number of hydrogen-bond donors (Lipinski definition) is 2. The molecule has 0 aliphatic rings. The largest absolute Gasteiger partial charge is 0.386 e. The van der Waals surface area contributed by atoms with Crippen molar-refractivity contribution in [3.63, 3.8) is 0 Å². The highest BCUT2D eigenvalue weighted by Gasteiger charge is 1.94. The summed E-state index contributed by atoms with van der Waals surface area (Å²) in [6.45, 7) is 5.27. The molecule has 0 aromatic carbocycles. The van der Waals surface area contributed by atoms with Crippen LogP contribution in [-0.2, 0) is 0 Å². The highest BCUT2D eigenvalue weighted by Crippen LogP contribution is 2.12. The van der Waals surface area contributed by atoms with Gasteiger partial charge in [-0.3, -0.25) is 0 Å². The monoisotopic (exact) mass is 296 g/mol. The minimum atomic E-state index is 0.810. The van der Waals surface area contributed by atoms with E-state index in [2.05, 4.69) is 12.2 Å². The van der Waals surface area contributed by atoms with E-state index in [0.717, 1.165) is 12.4 Å². The first-order chi connectivity index (χ1) is 10.3. The van der Waals surface area contributed by atoms with Crippen LogP contribution in [0, 0.1) is 0 Å². The zero-order valence-electron chi connectivity index (χ0n) is 14.8. The molecule has 0 atom stereocenters. The van der Waals surface area contributed by atoms with E-state index < -0.39 is 0 Å². The summed E-state index contributed by atoms with van der Waals surface area (Å²) in [5.74, 6) is 0.810. The van der Waals surface area contributed by atoms with Gasteiger partial charge in [0.1, 0.15) is 0 Å². The molecule has 0 aromatic rings. The quantitative estimate of drug-likeness (QED) is 0.349. The standard InChI is InChI=1S/C19H40N2/c1-3-5-6-7-8-9-10-11-12-13-14-15-16-17-18-21-19(20)4-2/h4,21H,3,5-18,20H2,1-2H3/b19-4+. The molecule has 0 aliphatic heterocycles. The Balaban J connectivity index is 2.99. The van der Waals surface area contributed by atoms with Gasteiger partial charge in [0.25, 0.3) is 0 Å². The molecule has 126 valence electrons. The molecule has 0 saturated carbocycles. The van der Waals surface area contributed by atoms with E-state index in [4.69, 9.17) is 5.73 Å². The van der Waals surface area contributed by atoms with Crippen molar-refractivity contribution in [2.75, 3.05) is 6.54 Å². The van der Waals surface area contributed by atoms with E-state index in [1.165, 1.54) is 89.9 Å². The highest BCUT2D eigenvalue weighted by atomic mass is 15.0. The third-order valence-electron chi connectivity index (χ3n) is 4.17. The number of rotatable bonds is 16. The van der Waals surface area contributed by atoms with E-state index in [9.17, 15) is 0 Å². The molecule has 2 heteroatoms. The molecule has 3 N–H and O–H groups in total. The third-order valence-corrected chi connectivity index (χ3v) is 4.17. The van der Waals surface area contributed by atoms with Gasteiger partial charge < -0.3 is 11.1 Å². The average Bonchev–Trinajstić information content (AvgIpc) is 2.50. The molecule has 2 nitrogen and oxygen atoms in total. The van der Waals surface area contributed by atoms with Gasteiger partial charge in [0, 0.05) is 6.54 Å². The third kappa shape index (κ3) is 17.3. The number of allylic oxidation sites excluding steroid dienone is 1. The summed E-state index contributed by atoms with van der Waals surface area (Å²) >= 11 is 0. The Morgan fingerprint density at radius 3 is 1.48 bits per heavy atom. The van der Waals surface area contributed by atoms with Crippen molar-refractivity contribution in [2.45, 2.75) is 104 Å². The normalized spacial score (nSPS) is 11.8. The summed E-state index contributed by atoms with van der Waals surface area (Å²) in [6, 6.07) is 0. The lowest BCUT2D eigenvalue weighted by Gasteiger charge is -2.05. The summed E-state index contributed by atoms with van der Waals surface area (Å²) in [6.07, 6.45) is 21.7. The average molecular weight is 297 g/mol. The van der Waals surface area contributed by atoms with Crippen molar-refractivity contribution in [3.8, 4) is 0 Å². The summed E-state index contributed by atoms with van der Waals surface area (Å²) < 4.78 is 0. The van der Waals surface area contributed by atoms with Crippen LogP contribution in [0.3, 0.4) is 0 Å². The van der Waals surface area contributed by atoms with Gasteiger partial charge in [-0.05, 0) is 19.4 Å². The molecular formula is C19H40N2. The molecule has 0 aromatic heterocycles. The van der Waals surface area contributed by atoms with Crippen molar-refractivity contribution < 1.29 is 0 Å². The Hall–Kier alpha value is -0.660. The van der Waals surface area contributed by atoms with E-state index in [1.54, 1.807) is 0 Å². The molecule has 0 bridgehead atoms. The van der Waals surface area contributed by atoms with Crippen LogP contribution in [0.5, 0.6) is 0 Å². The van der Waals surface area contributed by atoms with Gasteiger partial charge in [-0.2, -0.15) is 0 Å².